The minimum Gasteiger partial charge on any atom is -0.362 e. The number of hydrogen-bond donors (Lipinski definition) is 1. The van der Waals surface area contributed by atoms with Gasteiger partial charge in [-0.25, -0.2) is 4.98 Å². The van der Waals surface area contributed by atoms with Gasteiger partial charge in [-0.05, 0) is 12.0 Å². The van der Waals surface area contributed by atoms with Crippen molar-refractivity contribution in [3.05, 3.63) is 22.8 Å². The maximum absolute atomic E-state index is 12.7. The molecule has 7 heteroatoms. The number of amides is 2. The third kappa shape index (κ3) is 3.32. The number of nitrogens with one attached hydrogen (secondary N) is 1. The first kappa shape index (κ1) is 16.5. The summed E-state index contributed by atoms with van der Waals surface area (Å²) >= 11 is 6.18. The van der Waals surface area contributed by atoms with E-state index in [4.69, 9.17) is 11.6 Å². The molecule has 0 spiro atoms. The molecule has 1 aliphatic heterocycles. The topological polar surface area (TPSA) is 65.5 Å². The lowest BCUT2D eigenvalue weighted by Gasteiger charge is -2.38. The minimum atomic E-state index is -0.215. The maximum Gasteiger partial charge on any atom is 0.256 e. The second-order valence-electron chi connectivity index (χ2n) is 5.97. The van der Waals surface area contributed by atoms with Crippen LogP contribution in [0.3, 0.4) is 0 Å². The summed E-state index contributed by atoms with van der Waals surface area (Å²) in [6.45, 7) is 4.60. The van der Waals surface area contributed by atoms with E-state index >= 15 is 0 Å². The van der Waals surface area contributed by atoms with E-state index < -0.39 is 0 Å². The van der Waals surface area contributed by atoms with Crippen LogP contribution in [-0.4, -0.2) is 54.9 Å². The van der Waals surface area contributed by atoms with Gasteiger partial charge in [0.2, 0.25) is 5.91 Å². The van der Waals surface area contributed by atoms with Gasteiger partial charge in [0, 0.05) is 26.8 Å². The van der Waals surface area contributed by atoms with Crippen molar-refractivity contribution in [1.82, 2.24) is 15.2 Å². The number of carbonyl (C=O) groups excluding carboxylic acids is 2. The number of halogens is 1. The lowest BCUT2D eigenvalue weighted by atomic mass is 9.99. The molecule has 0 aromatic carbocycles. The number of piperazine rings is 1. The fourth-order valence-electron chi connectivity index (χ4n) is 2.52. The molecule has 1 atom stereocenters. The van der Waals surface area contributed by atoms with Gasteiger partial charge in [0.05, 0.1) is 16.6 Å². The van der Waals surface area contributed by atoms with E-state index in [2.05, 4.69) is 10.3 Å². The van der Waals surface area contributed by atoms with Gasteiger partial charge in [-0.3, -0.25) is 9.59 Å². The third-order valence-electron chi connectivity index (χ3n) is 3.75. The van der Waals surface area contributed by atoms with Crippen LogP contribution in [0.25, 0.3) is 0 Å². The van der Waals surface area contributed by atoms with Crippen molar-refractivity contribution in [2.75, 3.05) is 32.1 Å². The Morgan fingerprint density at radius 3 is 2.73 bits per heavy atom. The van der Waals surface area contributed by atoms with E-state index in [-0.39, 0.29) is 30.3 Å². The van der Waals surface area contributed by atoms with Crippen LogP contribution in [0.5, 0.6) is 0 Å². The zero-order chi connectivity index (χ0) is 16.4. The number of hydrogen-bond acceptors (Lipinski definition) is 4. The van der Waals surface area contributed by atoms with Gasteiger partial charge in [-0.2, -0.15) is 0 Å². The van der Waals surface area contributed by atoms with Gasteiger partial charge in [-0.1, -0.05) is 25.4 Å². The summed E-state index contributed by atoms with van der Waals surface area (Å²) in [4.78, 5) is 32.0. The normalized spacial score (nSPS) is 18.4. The van der Waals surface area contributed by atoms with Crippen molar-refractivity contribution in [3.8, 4) is 0 Å². The van der Waals surface area contributed by atoms with Crippen LogP contribution in [-0.2, 0) is 4.79 Å². The number of aromatic nitrogens is 1. The van der Waals surface area contributed by atoms with Crippen molar-refractivity contribution in [2.24, 2.45) is 5.92 Å². The Morgan fingerprint density at radius 2 is 2.18 bits per heavy atom. The SMILES string of the molecule is CC(C)C1CNC(=O)CN1C(=O)c1cnc(N(C)C)c(Cl)c1. The van der Waals surface area contributed by atoms with Gasteiger partial charge < -0.3 is 15.1 Å². The molecular weight excluding hydrogens is 304 g/mol. The molecule has 1 fully saturated rings. The summed E-state index contributed by atoms with van der Waals surface area (Å²) < 4.78 is 0. The molecule has 120 valence electrons. The van der Waals surface area contributed by atoms with Crippen LogP contribution in [0.4, 0.5) is 5.82 Å². The van der Waals surface area contributed by atoms with Crippen molar-refractivity contribution in [3.63, 3.8) is 0 Å². The average molecular weight is 325 g/mol. The van der Waals surface area contributed by atoms with Gasteiger partial charge in [-0.15, -0.1) is 0 Å². The zero-order valence-electron chi connectivity index (χ0n) is 13.3. The second kappa shape index (κ2) is 6.52. The highest BCUT2D eigenvalue weighted by molar-refractivity contribution is 6.33. The highest BCUT2D eigenvalue weighted by atomic mass is 35.5. The van der Waals surface area contributed by atoms with E-state index in [0.717, 1.165) is 0 Å². The lowest BCUT2D eigenvalue weighted by molar-refractivity contribution is -0.125. The first-order chi connectivity index (χ1) is 10.3. The van der Waals surface area contributed by atoms with Crippen LogP contribution in [0.15, 0.2) is 12.3 Å². The zero-order valence-corrected chi connectivity index (χ0v) is 14.0. The molecule has 6 nitrogen and oxygen atoms in total. The highest BCUT2D eigenvalue weighted by Gasteiger charge is 2.33. The first-order valence-electron chi connectivity index (χ1n) is 7.21. The van der Waals surface area contributed by atoms with E-state index in [9.17, 15) is 9.59 Å². The largest absolute Gasteiger partial charge is 0.362 e. The maximum atomic E-state index is 12.7. The Bertz CT molecular complexity index is 589. The van der Waals surface area contributed by atoms with Crippen molar-refractivity contribution in [2.45, 2.75) is 19.9 Å². The fraction of sp³-hybridized carbons (Fsp3) is 0.533. The van der Waals surface area contributed by atoms with Crippen molar-refractivity contribution >= 4 is 29.2 Å². The lowest BCUT2D eigenvalue weighted by Crippen LogP contribution is -2.58. The molecule has 1 saturated heterocycles. The Morgan fingerprint density at radius 1 is 1.50 bits per heavy atom. The van der Waals surface area contributed by atoms with E-state index in [1.807, 2.05) is 27.9 Å². The molecule has 2 rings (SSSR count). The Hall–Kier alpha value is -1.82. The van der Waals surface area contributed by atoms with Crippen LogP contribution in [0, 0.1) is 5.92 Å². The molecule has 2 amide bonds. The molecular formula is C15H21ClN4O2. The first-order valence-corrected chi connectivity index (χ1v) is 7.59. The Balaban J connectivity index is 2.29. The Kier molecular flexibility index (Phi) is 4.90. The van der Waals surface area contributed by atoms with Gasteiger partial charge in [0.25, 0.3) is 5.91 Å². The summed E-state index contributed by atoms with van der Waals surface area (Å²) in [5.41, 5.74) is 0.399. The molecule has 1 aliphatic rings. The number of nitrogens with zero attached hydrogens (tertiary/aromatic N) is 3. The van der Waals surface area contributed by atoms with Crippen LogP contribution >= 0.6 is 11.6 Å². The van der Waals surface area contributed by atoms with E-state index in [0.29, 0.717) is 22.9 Å². The predicted octanol–water partition coefficient (Wildman–Crippen LogP) is 1.40. The molecule has 2 heterocycles. The number of carbonyl (C=O) groups is 2. The van der Waals surface area contributed by atoms with Crippen LogP contribution in [0.2, 0.25) is 5.02 Å². The molecule has 1 N–H and O–H groups in total. The standard InChI is InChI=1S/C15H21ClN4O2/c1-9(2)12-7-17-13(21)8-20(12)15(22)10-5-11(16)14(18-6-10)19(3)4/h5-6,9,12H,7-8H2,1-4H3,(H,17,21). The van der Waals surface area contributed by atoms with Gasteiger partial charge in [0.15, 0.2) is 0 Å². The molecule has 0 bridgehead atoms. The molecule has 22 heavy (non-hydrogen) atoms. The summed E-state index contributed by atoms with van der Waals surface area (Å²) in [7, 11) is 3.67. The molecule has 0 saturated carbocycles. The average Bonchev–Trinajstić information content (AvgIpc) is 2.45. The number of rotatable bonds is 3. The fourth-order valence-corrected chi connectivity index (χ4v) is 2.85. The summed E-state index contributed by atoms with van der Waals surface area (Å²) in [6, 6.07) is 1.58. The third-order valence-corrected chi connectivity index (χ3v) is 4.02. The monoisotopic (exact) mass is 324 g/mol. The highest BCUT2D eigenvalue weighted by Crippen LogP contribution is 2.24. The minimum absolute atomic E-state index is 0.0301. The van der Waals surface area contributed by atoms with Crippen molar-refractivity contribution < 1.29 is 9.59 Å². The number of pyridine rings is 1. The molecule has 0 aliphatic carbocycles. The van der Waals surface area contributed by atoms with Crippen LogP contribution in [0.1, 0.15) is 24.2 Å². The predicted molar refractivity (Wildman–Crippen MR) is 86.2 cm³/mol. The second-order valence-corrected chi connectivity index (χ2v) is 6.38. The van der Waals surface area contributed by atoms with Crippen molar-refractivity contribution in [1.29, 1.82) is 0 Å². The summed E-state index contributed by atoms with van der Waals surface area (Å²) in [5, 5.41) is 3.22. The van der Waals surface area contributed by atoms with Gasteiger partial charge in [0.1, 0.15) is 12.4 Å². The Labute approximate surface area is 135 Å². The van der Waals surface area contributed by atoms with E-state index in [1.165, 1.54) is 6.20 Å². The molecule has 1 aromatic rings. The van der Waals surface area contributed by atoms with Gasteiger partial charge >= 0.3 is 0 Å². The van der Waals surface area contributed by atoms with E-state index in [1.54, 1.807) is 15.9 Å². The summed E-state index contributed by atoms with van der Waals surface area (Å²) in [6.07, 6.45) is 1.51. The number of anilines is 1. The molecule has 0 radical (unpaired) electrons. The molecule has 1 unspecified atom stereocenters. The van der Waals surface area contributed by atoms with Crippen LogP contribution < -0.4 is 10.2 Å². The quantitative estimate of drug-likeness (QED) is 0.912. The molecule has 1 aromatic heterocycles. The summed E-state index contributed by atoms with van der Waals surface area (Å²) in [5.74, 6) is 0.492. The smallest absolute Gasteiger partial charge is 0.256 e.